The second-order valence-corrected chi connectivity index (χ2v) is 8.79. The number of hydrogen-bond acceptors (Lipinski definition) is 5. The first-order chi connectivity index (χ1) is 14.2. The standard InChI is InChI=1S/C20H15F3N4O2S/c1-30(24,28)10-11-6-17(23)26-19(7-11)27-18-8-14(16(22)9-25-18)12-2-3-15(21)13-4-5-29-20(12)13/h2-10H,1H3,(H2,24,28)(H,25,26,27). The molecule has 0 amide bonds. The molecule has 154 valence electrons. The number of fused-ring (bicyclic) bond motifs is 1. The normalized spacial score (nSPS) is 13.2. The summed E-state index contributed by atoms with van der Waals surface area (Å²) in [6, 6.07) is 7.93. The third kappa shape index (κ3) is 4.14. The lowest BCUT2D eigenvalue weighted by Crippen LogP contribution is -2.13. The zero-order chi connectivity index (χ0) is 21.5. The molecule has 10 heteroatoms. The van der Waals surface area contributed by atoms with Crippen molar-refractivity contribution in [1.29, 1.82) is 0 Å². The van der Waals surface area contributed by atoms with Crippen molar-refractivity contribution in [2.75, 3.05) is 11.6 Å². The number of nitrogens with two attached hydrogens (primary N) is 1. The van der Waals surface area contributed by atoms with Crippen molar-refractivity contribution in [3.63, 3.8) is 0 Å². The highest BCUT2D eigenvalue weighted by atomic mass is 32.2. The summed E-state index contributed by atoms with van der Waals surface area (Å²) < 4.78 is 59.3. The van der Waals surface area contributed by atoms with Crippen LogP contribution in [0.2, 0.25) is 0 Å². The quantitative estimate of drug-likeness (QED) is 0.376. The number of aromatic nitrogens is 2. The number of halogens is 3. The molecule has 4 rings (SSSR count). The number of hydrogen-bond donors (Lipinski definition) is 2. The Hall–Kier alpha value is -3.37. The molecule has 0 saturated carbocycles. The van der Waals surface area contributed by atoms with E-state index in [9.17, 15) is 17.4 Å². The highest BCUT2D eigenvalue weighted by molar-refractivity contribution is 7.98. The lowest BCUT2D eigenvalue weighted by atomic mass is 10.0. The molecule has 3 aromatic heterocycles. The highest BCUT2D eigenvalue weighted by Crippen LogP contribution is 2.33. The molecule has 1 unspecified atom stereocenters. The van der Waals surface area contributed by atoms with Gasteiger partial charge in [-0.2, -0.15) is 4.39 Å². The third-order valence-corrected chi connectivity index (χ3v) is 4.89. The molecule has 0 fully saturated rings. The predicted octanol–water partition coefficient (Wildman–Crippen LogP) is 3.99. The Kier molecular flexibility index (Phi) is 4.96. The van der Waals surface area contributed by atoms with Crippen molar-refractivity contribution < 1.29 is 21.8 Å². The molecular formula is C20H15F3N4O2S. The largest absolute Gasteiger partial charge is 0.464 e. The van der Waals surface area contributed by atoms with Crippen LogP contribution in [0.1, 0.15) is 5.56 Å². The number of furan rings is 1. The number of nitrogens with zero attached hydrogens (tertiary/aromatic N) is 2. The van der Waals surface area contributed by atoms with E-state index in [2.05, 4.69) is 15.3 Å². The summed E-state index contributed by atoms with van der Waals surface area (Å²) in [5.41, 5.74) is 0.884. The molecule has 1 aromatic carbocycles. The van der Waals surface area contributed by atoms with E-state index in [4.69, 9.17) is 9.56 Å². The average molecular weight is 432 g/mol. The molecule has 4 aromatic rings. The van der Waals surface area contributed by atoms with Crippen LogP contribution in [-0.4, -0.2) is 25.8 Å². The number of pyridine rings is 2. The van der Waals surface area contributed by atoms with Gasteiger partial charge in [0.1, 0.15) is 28.9 Å². The highest BCUT2D eigenvalue weighted by Gasteiger charge is 2.15. The van der Waals surface area contributed by atoms with Gasteiger partial charge >= 0.3 is 0 Å². The maximum atomic E-state index is 14.5. The van der Waals surface area contributed by atoms with Crippen LogP contribution in [0.25, 0.3) is 22.1 Å². The van der Waals surface area contributed by atoms with Crippen LogP contribution in [-0.2, 0) is 9.71 Å². The summed E-state index contributed by atoms with van der Waals surface area (Å²) in [5.74, 6) is -1.76. The van der Waals surface area contributed by atoms with Crippen LogP contribution in [0.15, 0.2) is 53.3 Å². The molecule has 3 N–H and O–H groups in total. The van der Waals surface area contributed by atoms with Crippen molar-refractivity contribution in [3.8, 4) is 11.1 Å². The Balaban J connectivity index is 1.75. The Morgan fingerprint density at radius 2 is 1.87 bits per heavy atom. The number of anilines is 2. The van der Waals surface area contributed by atoms with E-state index >= 15 is 0 Å². The first-order valence-electron chi connectivity index (χ1n) is 8.57. The number of benzene rings is 1. The van der Waals surface area contributed by atoms with Gasteiger partial charge in [-0.15, -0.1) is 0 Å². The molecule has 6 nitrogen and oxygen atoms in total. The van der Waals surface area contributed by atoms with Crippen molar-refractivity contribution in [2.45, 2.75) is 0 Å². The molecular weight excluding hydrogens is 417 g/mol. The molecule has 30 heavy (non-hydrogen) atoms. The first kappa shape index (κ1) is 19.9. The molecule has 0 aliphatic heterocycles. The summed E-state index contributed by atoms with van der Waals surface area (Å²) >= 11 is 0. The number of nitrogens with one attached hydrogen (secondary N) is 1. The molecule has 3 heterocycles. The Bertz CT molecular complexity index is 1390. The SMILES string of the molecule is CS(N)(=O)=Cc1cc(F)nc(Nc2cc(-c3ccc(F)c4ccoc34)c(F)cn2)c1. The van der Waals surface area contributed by atoms with E-state index < -0.39 is 27.3 Å². The van der Waals surface area contributed by atoms with Crippen LogP contribution >= 0.6 is 0 Å². The second kappa shape index (κ2) is 7.47. The second-order valence-electron chi connectivity index (χ2n) is 6.63. The fourth-order valence-corrected chi connectivity index (χ4v) is 3.68. The zero-order valence-electron chi connectivity index (χ0n) is 15.5. The molecule has 1 atom stereocenters. The molecule has 0 aliphatic carbocycles. The van der Waals surface area contributed by atoms with Crippen LogP contribution in [0.5, 0.6) is 0 Å². The zero-order valence-corrected chi connectivity index (χ0v) is 16.3. The fourth-order valence-electron chi connectivity index (χ4n) is 3.00. The van der Waals surface area contributed by atoms with Crippen molar-refractivity contribution >= 4 is 37.7 Å². The Morgan fingerprint density at radius 3 is 2.63 bits per heavy atom. The van der Waals surface area contributed by atoms with Gasteiger partial charge in [-0.05, 0) is 35.9 Å². The molecule has 0 radical (unpaired) electrons. The average Bonchev–Trinajstić information content (AvgIpc) is 3.13. The first-order valence-corrected chi connectivity index (χ1v) is 10.7. The van der Waals surface area contributed by atoms with Crippen LogP contribution in [0.4, 0.5) is 24.8 Å². The fraction of sp³-hybridized carbons (Fsp3) is 0.0500. The minimum absolute atomic E-state index is 0.0530. The Morgan fingerprint density at radius 1 is 1.07 bits per heavy atom. The van der Waals surface area contributed by atoms with E-state index in [1.165, 1.54) is 48.2 Å². The van der Waals surface area contributed by atoms with Gasteiger partial charge in [0, 0.05) is 38.5 Å². The molecule has 0 aliphatic rings. The smallest absolute Gasteiger partial charge is 0.215 e. The summed E-state index contributed by atoms with van der Waals surface area (Å²) in [6.07, 6.45) is 3.60. The Labute approximate surface area is 169 Å². The van der Waals surface area contributed by atoms with Crippen LogP contribution < -0.4 is 10.5 Å². The van der Waals surface area contributed by atoms with Gasteiger partial charge in [0.05, 0.1) is 17.8 Å². The lowest BCUT2D eigenvalue weighted by molar-refractivity contribution is 0.585. The van der Waals surface area contributed by atoms with Crippen LogP contribution in [0, 0.1) is 17.6 Å². The summed E-state index contributed by atoms with van der Waals surface area (Å²) in [7, 11) is -2.75. The van der Waals surface area contributed by atoms with Gasteiger partial charge in [0.2, 0.25) is 5.95 Å². The topological polar surface area (TPSA) is 94.0 Å². The molecule has 0 saturated heterocycles. The van der Waals surface area contributed by atoms with Crippen molar-refractivity contribution in [2.24, 2.45) is 5.14 Å². The third-order valence-electron chi connectivity index (χ3n) is 4.15. The van der Waals surface area contributed by atoms with E-state index in [1.54, 1.807) is 0 Å². The van der Waals surface area contributed by atoms with E-state index in [0.717, 1.165) is 12.3 Å². The number of rotatable bonds is 4. The van der Waals surface area contributed by atoms with Crippen molar-refractivity contribution in [1.82, 2.24) is 9.97 Å². The summed E-state index contributed by atoms with van der Waals surface area (Å²) in [5, 5.41) is 9.70. The van der Waals surface area contributed by atoms with Crippen LogP contribution in [0.3, 0.4) is 0 Å². The lowest BCUT2D eigenvalue weighted by Gasteiger charge is -2.10. The van der Waals surface area contributed by atoms with Gasteiger partial charge in [0.25, 0.3) is 0 Å². The van der Waals surface area contributed by atoms with E-state index in [1.807, 2.05) is 0 Å². The van der Waals surface area contributed by atoms with E-state index in [-0.39, 0.29) is 33.7 Å². The maximum absolute atomic E-state index is 14.5. The van der Waals surface area contributed by atoms with Gasteiger partial charge < -0.3 is 9.73 Å². The monoisotopic (exact) mass is 432 g/mol. The summed E-state index contributed by atoms with van der Waals surface area (Å²) in [6.45, 7) is 0. The predicted molar refractivity (Wildman–Crippen MR) is 110 cm³/mol. The minimum Gasteiger partial charge on any atom is -0.464 e. The van der Waals surface area contributed by atoms with Gasteiger partial charge in [0.15, 0.2) is 0 Å². The maximum Gasteiger partial charge on any atom is 0.215 e. The van der Waals surface area contributed by atoms with Gasteiger partial charge in [-0.1, -0.05) is 0 Å². The van der Waals surface area contributed by atoms with Gasteiger partial charge in [-0.25, -0.2) is 18.7 Å². The minimum atomic E-state index is -2.75. The summed E-state index contributed by atoms with van der Waals surface area (Å²) in [4.78, 5) is 7.64. The molecule has 0 spiro atoms. The van der Waals surface area contributed by atoms with Crippen molar-refractivity contribution in [3.05, 3.63) is 72.0 Å². The van der Waals surface area contributed by atoms with E-state index in [0.29, 0.717) is 5.56 Å². The van der Waals surface area contributed by atoms with Gasteiger partial charge in [-0.3, -0.25) is 9.35 Å². The molecule has 0 bridgehead atoms.